The molecule has 2 aromatic carbocycles. The first-order valence-electron chi connectivity index (χ1n) is 6.67. The molecule has 3 aromatic rings. The lowest BCUT2D eigenvalue weighted by molar-refractivity contribution is 0.102. The van der Waals surface area contributed by atoms with Crippen LogP contribution >= 0.6 is 34.4 Å². The number of benzene rings is 2. The number of rotatable bonds is 4. The highest BCUT2D eigenvalue weighted by Gasteiger charge is 2.09. The van der Waals surface area contributed by atoms with Gasteiger partial charge in [-0.1, -0.05) is 17.8 Å². The maximum Gasteiger partial charge on any atom is 0.255 e. The van der Waals surface area contributed by atoms with Crippen molar-refractivity contribution in [2.45, 2.75) is 5.16 Å². The van der Waals surface area contributed by atoms with Gasteiger partial charge in [-0.25, -0.2) is 0 Å². The van der Waals surface area contributed by atoms with Crippen LogP contribution in [0.15, 0.2) is 53.7 Å². The van der Waals surface area contributed by atoms with E-state index in [2.05, 4.69) is 43.4 Å². The van der Waals surface area contributed by atoms with Gasteiger partial charge in [0, 0.05) is 14.8 Å². The van der Waals surface area contributed by atoms with Crippen molar-refractivity contribution in [3.63, 3.8) is 0 Å². The highest BCUT2D eigenvalue weighted by Crippen LogP contribution is 2.19. The van der Waals surface area contributed by atoms with Crippen LogP contribution in [0.1, 0.15) is 10.4 Å². The van der Waals surface area contributed by atoms with Crippen molar-refractivity contribution in [3.05, 3.63) is 57.7 Å². The minimum Gasteiger partial charge on any atom is -0.322 e. The number of nitrogens with one attached hydrogen (secondary N) is 1. The second kappa shape index (κ2) is 7.09. The third kappa shape index (κ3) is 3.70. The number of hydrogen-bond acceptors (Lipinski definition) is 5. The Bertz CT molecular complexity index is 834. The highest BCUT2D eigenvalue weighted by molar-refractivity contribution is 14.1. The van der Waals surface area contributed by atoms with Gasteiger partial charge in [-0.15, -0.1) is 5.10 Å². The number of hydrogen-bond donors (Lipinski definition) is 1. The lowest BCUT2D eigenvalue weighted by atomic mass is 10.2. The number of thioether (sulfide) groups is 1. The molecule has 116 valence electrons. The van der Waals surface area contributed by atoms with Gasteiger partial charge in [0.25, 0.3) is 5.91 Å². The Morgan fingerprint density at radius 2 is 2.00 bits per heavy atom. The van der Waals surface area contributed by atoms with E-state index in [4.69, 9.17) is 0 Å². The number of carbonyl (C=O) groups is 1. The number of amides is 1. The molecule has 0 radical (unpaired) electrons. The lowest BCUT2D eigenvalue weighted by Crippen LogP contribution is -2.12. The minimum absolute atomic E-state index is 0.152. The Labute approximate surface area is 150 Å². The van der Waals surface area contributed by atoms with E-state index in [1.807, 2.05) is 42.7 Å². The van der Waals surface area contributed by atoms with E-state index in [-0.39, 0.29) is 5.91 Å². The van der Waals surface area contributed by atoms with Gasteiger partial charge in [0.2, 0.25) is 5.16 Å². The van der Waals surface area contributed by atoms with Gasteiger partial charge in [0.15, 0.2) is 0 Å². The van der Waals surface area contributed by atoms with E-state index in [1.54, 1.807) is 16.8 Å². The second-order valence-electron chi connectivity index (χ2n) is 4.59. The molecule has 0 aliphatic heterocycles. The first-order valence-corrected chi connectivity index (χ1v) is 8.97. The number of anilines is 1. The molecule has 6 nitrogen and oxygen atoms in total. The monoisotopic (exact) mass is 437 g/mol. The van der Waals surface area contributed by atoms with Crippen LogP contribution in [-0.4, -0.2) is 32.4 Å². The van der Waals surface area contributed by atoms with Gasteiger partial charge in [-0.05, 0) is 81.7 Å². The number of nitrogens with zero attached hydrogens (tertiary/aromatic N) is 4. The zero-order valence-electron chi connectivity index (χ0n) is 12.1. The third-order valence-corrected chi connectivity index (χ3v) is 4.42. The summed E-state index contributed by atoms with van der Waals surface area (Å²) in [6.07, 6.45) is 1.91. The Balaban J connectivity index is 1.83. The topological polar surface area (TPSA) is 72.7 Å². The summed E-state index contributed by atoms with van der Waals surface area (Å²) < 4.78 is 2.72. The average molecular weight is 437 g/mol. The predicted octanol–water partition coefficient (Wildman–Crippen LogP) is 3.24. The molecule has 0 aliphatic carbocycles. The fraction of sp³-hybridized carbons (Fsp3) is 0.0667. The minimum atomic E-state index is -0.152. The molecule has 1 N–H and O–H groups in total. The first-order chi connectivity index (χ1) is 11.2. The van der Waals surface area contributed by atoms with Crippen LogP contribution in [0.5, 0.6) is 0 Å². The van der Waals surface area contributed by atoms with Gasteiger partial charge < -0.3 is 5.32 Å². The summed E-state index contributed by atoms with van der Waals surface area (Å²) in [5, 5.41) is 15.1. The third-order valence-electron chi connectivity index (χ3n) is 3.08. The molecule has 0 spiro atoms. The van der Waals surface area contributed by atoms with E-state index in [0.29, 0.717) is 16.4 Å². The molecule has 0 atom stereocenters. The second-order valence-corrected chi connectivity index (χ2v) is 6.61. The van der Waals surface area contributed by atoms with E-state index in [9.17, 15) is 4.79 Å². The van der Waals surface area contributed by atoms with Crippen molar-refractivity contribution in [1.29, 1.82) is 0 Å². The average Bonchev–Trinajstić information content (AvgIpc) is 3.04. The van der Waals surface area contributed by atoms with Crippen molar-refractivity contribution in [2.24, 2.45) is 0 Å². The number of tetrazole rings is 1. The first kappa shape index (κ1) is 15.9. The summed E-state index contributed by atoms with van der Waals surface area (Å²) in [5.74, 6) is -0.152. The predicted molar refractivity (Wildman–Crippen MR) is 98.0 cm³/mol. The van der Waals surface area contributed by atoms with Crippen LogP contribution in [0.2, 0.25) is 0 Å². The quantitative estimate of drug-likeness (QED) is 0.501. The van der Waals surface area contributed by atoms with Crippen molar-refractivity contribution < 1.29 is 4.79 Å². The molecule has 0 fully saturated rings. The van der Waals surface area contributed by atoms with E-state index in [1.165, 1.54) is 11.8 Å². The molecule has 0 saturated carbocycles. The maximum atomic E-state index is 12.3. The van der Waals surface area contributed by atoms with Gasteiger partial charge in [0.1, 0.15) is 0 Å². The molecule has 0 unspecified atom stereocenters. The van der Waals surface area contributed by atoms with Crippen LogP contribution in [-0.2, 0) is 0 Å². The van der Waals surface area contributed by atoms with Gasteiger partial charge in [-0.2, -0.15) is 4.68 Å². The highest BCUT2D eigenvalue weighted by atomic mass is 127. The molecule has 3 rings (SSSR count). The Morgan fingerprint density at radius 1 is 1.22 bits per heavy atom. The van der Waals surface area contributed by atoms with Gasteiger partial charge >= 0.3 is 0 Å². The lowest BCUT2D eigenvalue weighted by Gasteiger charge is -2.08. The standard InChI is InChI=1S/C15H12IN5OS/c1-23-15-18-19-20-21(15)13-4-2-3-12(9-13)17-14(22)10-5-7-11(16)8-6-10/h2-9H,1H3,(H,17,22). The molecule has 23 heavy (non-hydrogen) atoms. The number of aromatic nitrogens is 4. The van der Waals surface area contributed by atoms with Gasteiger partial charge in [-0.3, -0.25) is 4.79 Å². The number of halogens is 1. The largest absolute Gasteiger partial charge is 0.322 e. The van der Waals surface area contributed by atoms with E-state index in [0.717, 1.165) is 9.26 Å². The Kier molecular flexibility index (Phi) is 4.91. The number of carbonyl (C=O) groups excluding carboxylic acids is 1. The van der Waals surface area contributed by atoms with E-state index >= 15 is 0 Å². The molecule has 0 aliphatic rings. The maximum absolute atomic E-state index is 12.3. The Morgan fingerprint density at radius 3 is 2.74 bits per heavy atom. The SMILES string of the molecule is CSc1nnnn1-c1cccc(NC(=O)c2ccc(I)cc2)c1. The summed E-state index contributed by atoms with van der Waals surface area (Å²) in [5.41, 5.74) is 2.09. The molecule has 0 saturated heterocycles. The zero-order valence-corrected chi connectivity index (χ0v) is 15.1. The zero-order chi connectivity index (χ0) is 16.2. The Hall–Kier alpha value is -1.94. The molecule has 1 aromatic heterocycles. The van der Waals surface area contributed by atoms with Crippen LogP contribution in [0.3, 0.4) is 0 Å². The fourth-order valence-electron chi connectivity index (χ4n) is 1.99. The smallest absolute Gasteiger partial charge is 0.255 e. The van der Waals surface area contributed by atoms with Crippen molar-refractivity contribution >= 4 is 45.9 Å². The van der Waals surface area contributed by atoms with Crippen LogP contribution in [0.25, 0.3) is 5.69 Å². The molecule has 1 heterocycles. The summed E-state index contributed by atoms with van der Waals surface area (Å²) in [6.45, 7) is 0. The van der Waals surface area contributed by atoms with E-state index < -0.39 is 0 Å². The molecule has 0 bridgehead atoms. The normalized spacial score (nSPS) is 10.5. The molecule has 8 heteroatoms. The molecular formula is C15H12IN5OS. The van der Waals surface area contributed by atoms with Crippen molar-refractivity contribution in [2.75, 3.05) is 11.6 Å². The molecule has 1 amide bonds. The van der Waals surface area contributed by atoms with Crippen LogP contribution < -0.4 is 5.32 Å². The van der Waals surface area contributed by atoms with Crippen LogP contribution in [0, 0.1) is 3.57 Å². The fourth-order valence-corrected chi connectivity index (χ4v) is 2.78. The summed E-state index contributed by atoms with van der Waals surface area (Å²) in [6, 6.07) is 14.8. The van der Waals surface area contributed by atoms with Crippen molar-refractivity contribution in [3.8, 4) is 5.69 Å². The van der Waals surface area contributed by atoms with Crippen molar-refractivity contribution in [1.82, 2.24) is 20.2 Å². The summed E-state index contributed by atoms with van der Waals surface area (Å²) in [4.78, 5) is 12.3. The summed E-state index contributed by atoms with van der Waals surface area (Å²) >= 11 is 3.66. The summed E-state index contributed by atoms with van der Waals surface area (Å²) in [7, 11) is 0. The van der Waals surface area contributed by atoms with Gasteiger partial charge in [0.05, 0.1) is 5.69 Å². The molecular weight excluding hydrogens is 425 g/mol. The van der Waals surface area contributed by atoms with Crippen LogP contribution in [0.4, 0.5) is 5.69 Å².